The largest absolute Gasteiger partial charge is 0.383 e. The predicted octanol–water partition coefficient (Wildman–Crippen LogP) is 2.57. The number of fused-ring (bicyclic) bond motifs is 2. The molecule has 31 heavy (non-hydrogen) atoms. The lowest BCUT2D eigenvalue weighted by Crippen LogP contribution is -2.31. The van der Waals surface area contributed by atoms with Gasteiger partial charge in [-0.2, -0.15) is 0 Å². The number of aryl methyl sites for hydroxylation is 1. The molecule has 160 valence electrons. The molecule has 0 aliphatic heterocycles. The van der Waals surface area contributed by atoms with Crippen molar-refractivity contribution in [1.82, 2.24) is 14.0 Å². The van der Waals surface area contributed by atoms with E-state index in [0.717, 1.165) is 5.56 Å². The summed E-state index contributed by atoms with van der Waals surface area (Å²) < 4.78 is 34.5. The zero-order valence-electron chi connectivity index (χ0n) is 16.8. The van der Waals surface area contributed by atoms with E-state index in [0.29, 0.717) is 10.7 Å². The van der Waals surface area contributed by atoms with Crippen molar-refractivity contribution in [2.45, 2.75) is 23.3 Å². The maximum Gasteiger partial charge on any atom is 0.267 e. The lowest BCUT2D eigenvalue weighted by Gasteiger charge is -2.15. The Morgan fingerprint density at radius 3 is 2.55 bits per heavy atom. The van der Waals surface area contributed by atoms with Gasteiger partial charge in [0.15, 0.2) is 0 Å². The smallest absolute Gasteiger partial charge is 0.267 e. The van der Waals surface area contributed by atoms with Gasteiger partial charge >= 0.3 is 0 Å². The molecule has 0 atom stereocenters. The minimum absolute atomic E-state index is 0.0206. The number of halogens is 1. The topological polar surface area (TPSA) is 107 Å². The first-order valence-electron chi connectivity index (χ1n) is 9.35. The van der Waals surface area contributed by atoms with Crippen LogP contribution in [-0.2, 0) is 21.1 Å². The van der Waals surface area contributed by atoms with E-state index in [1.807, 2.05) is 13.0 Å². The maximum absolute atomic E-state index is 13.3. The third kappa shape index (κ3) is 3.65. The van der Waals surface area contributed by atoms with E-state index in [2.05, 4.69) is 4.98 Å². The van der Waals surface area contributed by atoms with Crippen molar-refractivity contribution in [2.24, 2.45) is 0 Å². The molecule has 0 spiro atoms. The number of rotatable bonds is 5. The SMILES string of the molecule is COCCn1c(=N)c(S(=O)(=O)c2ccc(Cl)cc2)cc2c(=O)n3cc(C)ccc3nc21. The number of aromatic nitrogens is 3. The molecule has 0 radical (unpaired) electrons. The molecule has 0 saturated heterocycles. The van der Waals surface area contributed by atoms with Crippen molar-refractivity contribution in [1.29, 1.82) is 5.41 Å². The first kappa shape index (κ1) is 21.2. The summed E-state index contributed by atoms with van der Waals surface area (Å²) in [6.07, 6.45) is 1.64. The Morgan fingerprint density at radius 2 is 1.87 bits per heavy atom. The molecule has 0 aliphatic carbocycles. The highest BCUT2D eigenvalue weighted by molar-refractivity contribution is 7.91. The zero-order chi connectivity index (χ0) is 22.3. The highest BCUT2D eigenvalue weighted by atomic mass is 35.5. The molecule has 3 aromatic heterocycles. The van der Waals surface area contributed by atoms with E-state index >= 15 is 0 Å². The van der Waals surface area contributed by atoms with E-state index in [-0.39, 0.29) is 39.5 Å². The van der Waals surface area contributed by atoms with Gasteiger partial charge in [0.25, 0.3) is 5.56 Å². The van der Waals surface area contributed by atoms with Gasteiger partial charge in [0.2, 0.25) is 9.84 Å². The fraction of sp³-hybridized carbons (Fsp3) is 0.190. The van der Waals surface area contributed by atoms with Crippen LogP contribution < -0.4 is 11.0 Å². The lowest BCUT2D eigenvalue weighted by atomic mass is 10.2. The highest BCUT2D eigenvalue weighted by Crippen LogP contribution is 2.22. The van der Waals surface area contributed by atoms with Crippen molar-refractivity contribution < 1.29 is 13.2 Å². The van der Waals surface area contributed by atoms with E-state index in [1.165, 1.54) is 46.4 Å². The number of methoxy groups -OCH3 is 1. The Kier molecular flexibility index (Phi) is 5.42. The van der Waals surface area contributed by atoms with Crippen LogP contribution in [0.25, 0.3) is 16.7 Å². The van der Waals surface area contributed by atoms with E-state index < -0.39 is 15.4 Å². The molecule has 0 amide bonds. The van der Waals surface area contributed by atoms with E-state index in [4.69, 9.17) is 21.7 Å². The summed E-state index contributed by atoms with van der Waals surface area (Å²) in [5.74, 6) is 0. The molecule has 0 saturated carbocycles. The Morgan fingerprint density at radius 1 is 1.16 bits per heavy atom. The second-order valence-corrected chi connectivity index (χ2v) is 9.40. The number of pyridine rings is 2. The normalized spacial score (nSPS) is 12.0. The quantitative estimate of drug-likeness (QED) is 0.462. The summed E-state index contributed by atoms with van der Waals surface area (Å²) >= 11 is 5.89. The number of hydrogen-bond acceptors (Lipinski definition) is 6. The lowest BCUT2D eigenvalue weighted by molar-refractivity contribution is 0.186. The standard InChI is InChI=1S/C21H19ClN4O4S/c1-13-3-8-18-24-20-16(21(27)26(18)12-13)11-17(19(23)25(20)9-10-30-2)31(28,29)15-6-4-14(22)5-7-15/h3-8,11-12,23H,9-10H2,1-2H3. The number of ether oxygens (including phenoxy) is 1. The van der Waals surface area contributed by atoms with Crippen molar-refractivity contribution in [2.75, 3.05) is 13.7 Å². The molecule has 1 aromatic carbocycles. The van der Waals surface area contributed by atoms with Gasteiger partial charge in [-0.15, -0.1) is 0 Å². The molecule has 10 heteroatoms. The van der Waals surface area contributed by atoms with E-state index in [9.17, 15) is 13.2 Å². The molecule has 4 rings (SSSR count). The number of hydrogen-bond donors (Lipinski definition) is 1. The van der Waals surface area contributed by atoms with Crippen molar-refractivity contribution in [3.63, 3.8) is 0 Å². The van der Waals surface area contributed by atoms with Crippen molar-refractivity contribution in [3.8, 4) is 0 Å². The average Bonchev–Trinajstić information content (AvgIpc) is 2.74. The van der Waals surface area contributed by atoms with Crippen LogP contribution in [0.1, 0.15) is 5.56 Å². The first-order valence-corrected chi connectivity index (χ1v) is 11.2. The van der Waals surface area contributed by atoms with Crippen LogP contribution in [0.4, 0.5) is 0 Å². The number of nitrogens with one attached hydrogen (secondary N) is 1. The van der Waals surface area contributed by atoms with Crippen LogP contribution in [0.5, 0.6) is 0 Å². The Bertz CT molecular complexity index is 1540. The fourth-order valence-corrected chi connectivity index (χ4v) is 4.88. The molecule has 3 heterocycles. The first-order chi connectivity index (χ1) is 14.7. The number of benzene rings is 1. The maximum atomic E-state index is 13.3. The molecule has 0 aliphatic rings. The molecule has 1 N–H and O–H groups in total. The van der Waals surface area contributed by atoms with Gasteiger partial charge in [-0.05, 0) is 48.9 Å². The molecule has 4 aromatic rings. The van der Waals surface area contributed by atoms with Crippen LogP contribution in [0.15, 0.2) is 63.2 Å². The monoisotopic (exact) mass is 458 g/mol. The summed E-state index contributed by atoms with van der Waals surface area (Å²) in [5.41, 5.74) is 0.798. The zero-order valence-corrected chi connectivity index (χ0v) is 18.4. The van der Waals surface area contributed by atoms with E-state index in [1.54, 1.807) is 12.3 Å². The van der Waals surface area contributed by atoms with Gasteiger partial charge in [0.05, 0.1) is 16.9 Å². The average molecular weight is 459 g/mol. The van der Waals surface area contributed by atoms with Gasteiger partial charge in [0.1, 0.15) is 21.7 Å². The summed E-state index contributed by atoms with van der Waals surface area (Å²) in [6, 6.07) is 10.4. The number of sulfone groups is 1. The third-order valence-electron chi connectivity index (χ3n) is 4.95. The second kappa shape index (κ2) is 7.92. The van der Waals surface area contributed by atoms with Crippen LogP contribution in [-0.4, -0.2) is 36.1 Å². The van der Waals surface area contributed by atoms with Gasteiger partial charge in [-0.1, -0.05) is 17.7 Å². The Balaban J connectivity index is 2.11. The van der Waals surface area contributed by atoms with Gasteiger partial charge in [-0.3, -0.25) is 14.6 Å². The molecule has 8 nitrogen and oxygen atoms in total. The Hall–Kier alpha value is -3.01. The van der Waals surface area contributed by atoms with Gasteiger partial charge in [0, 0.05) is 24.9 Å². The summed E-state index contributed by atoms with van der Waals surface area (Å²) in [5, 5.41) is 9.11. The second-order valence-electron chi connectivity index (χ2n) is 7.05. The van der Waals surface area contributed by atoms with Crippen LogP contribution in [0.3, 0.4) is 0 Å². The number of nitrogens with zero attached hydrogens (tertiary/aromatic N) is 3. The third-order valence-corrected chi connectivity index (χ3v) is 6.99. The molecule has 0 fully saturated rings. The van der Waals surface area contributed by atoms with Gasteiger partial charge in [-0.25, -0.2) is 13.4 Å². The molecule has 0 unspecified atom stereocenters. The molecule has 0 bridgehead atoms. The summed E-state index contributed by atoms with van der Waals surface area (Å²) in [7, 11) is -2.59. The van der Waals surface area contributed by atoms with Crippen molar-refractivity contribution >= 4 is 38.1 Å². The fourth-order valence-electron chi connectivity index (χ4n) is 3.36. The van der Waals surface area contributed by atoms with Crippen LogP contribution in [0.2, 0.25) is 5.02 Å². The minimum Gasteiger partial charge on any atom is -0.383 e. The van der Waals surface area contributed by atoms with Crippen LogP contribution >= 0.6 is 11.6 Å². The molecular weight excluding hydrogens is 440 g/mol. The van der Waals surface area contributed by atoms with Crippen LogP contribution in [0, 0.1) is 12.3 Å². The van der Waals surface area contributed by atoms with Crippen molar-refractivity contribution in [3.05, 3.63) is 75.1 Å². The highest BCUT2D eigenvalue weighted by Gasteiger charge is 2.24. The summed E-state index contributed by atoms with van der Waals surface area (Å²) in [4.78, 5) is 17.5. The Labute approximate surface area is 182 Å². The molecular formula is C21H19ClN4O4S. The summed E-state index contributed by atoms with van der Waals surface area (Å²) in [6.45, 7) is 2.22. The van der Waals surface area contributed by atoms with Gasteiger partial charge < -0.3 is 9.30 Å². The minimum atomic E-state index is -4.09. The predicted molar refractivity (Wildman–Crippen MR) is 116 cm³/mol.